The van der Waals surface area contributed by atoms with Gasteiger partial charge in [0.25, 0.3) is 0 Å². The third-order valence-corrected chi connectivity index (χ3v) is 12.4. The SMILES string of the molecule is CCC1OC(=O)C(C)C(O[C@H]2C[C@@](C)(OC)CC(C)O2)C(C)[C@@H](OC2CC(N(C)C(C)C)CC(C)O2)[C@]2(C)CC(C)=C(O2)[C@H](C)C(=O)[C@]1(C)OC. The van der Waals surface area contributed by atoms with Crippen LogP contribution in [0.2, 0.25) is 0 Å². The summed E-state index contributed by atoms with van der Waals surface area (Å²) in [4.78, 5) is 31.0. The quantitative estimate of drug-likeness (QED) is 0.240. The van der Waals surface area contributed by atoms with Gasteiger partial charge in [0.1, 0.15) is 23.6 Å². The molecule has 2 bridgehead atoms. The van der Waals surface area contributed by atoms with Crippen LogP contribution in [0.1, 0.15) is 122 Å². The largest absolute Gasteiger partial charge is 0.488 e. The topological polar surface area (TPSA) is 111 Å². The molecule has 294 valence electrons. The predicted octanol–water partition coefficient (Wildman–Crippen LogP) is 6.59. The van der Waals surface area contributed by atoms with E-state index < -0.39 is 71.4 Å². The van der Waals surface area contributed by atoms with Crippen molar-refractivity contribution in [3.63, 3.8) is 0 Å². The molecule has 8 unspecified atom stereocenters. The highest BCUT2D eigenvalue weighted by atomic mass is 16.7. The molecule has 4 heterocycles. The zero-order valence-electron chi connectivity index (χ0n) is 34.2. The lowest BCUT2D eigenvalue weighted by molar-refractivity contribution is -0.290. The van der Waals surface area contributed by atoms with Crippen LogP contribution < -0.4 is 0 Å². The van der Waals surface area contributed by atoms with Crippen molar-refractivity contribution in [2.45, 2.75) is 194 Å². The third-order valence-electron chi connectivity index (χ3n) is 12.4. The Hall–Kier alpha value is -1.60. The molecule has 0 amide bonds. The van der Waals surface area contributed by atoms with E-state index in [0.29, 0.717) is 37.5 Å². The summed E-state index contributed by atoms with van der Waals surface area (Å²) in [5.74, 6) is -1.92. The van der Waals surface area contributed by atoms with Gasteiger partial charge in [-0.3, -0.25) is 9.59 Å². The summed E-state index contributed by atoms with van der Waals surface area (Å²) >= 11 is 0. The van der Waals surface area contributed by atoms with Gasteiger partial charge in [-0.25, -0.2) is 0 Å². The number of ether oxygens (including phenoxy) is 8. The molecule has 4 aliphatic heterocycles. The average molecular weight is 724 g/mol. The van der Waals surface area contributed by atoms with Crippen molar-refractivity contribution < 1.29 is 47.5 Å². The van der Waals surface area contributed by atoms with Crippen molar-refractivity contribution in [3.05, 3.63) is 11.3 Å². The van der Waals surface area contributed by atoms with Crippen molar-refractivity contribution in [1.82, 2.24) is 4.90 Å². The number of ketones is 1. The highest BCUT2D eigenvalue weighted by Crippen LogP contribution is 2.47. The number of carbonyl (C=O) groups excluding carboxylic acids is 2. The van der Waals surface area contributed by atoms with E-state index in [-0.39, 0.29) is 24.0 Å². The first-order valence-corrected chi connectivity index (χ1v) is 19.3. The highest BCUT2D eigenvalue weighted by molar-refractivity contribution is 5.92. The fourth-order valence-electron chi connectivity index (χ4n) is 9.10. The number of esters is 1. The van der Waals surface area contributed by atoms with Gasteiger partial charge in [0, 0.05) is 57.9 Å². The second-order valence-corrected chi connectivity index (χ2v) is 17.0. The molecule has 0 aromatic heterocycles. The molecule has 11 heteroatoms. The fourth-order valence-corrected chi connectivity index (χ4v) is 9.10. The number of methoxy groups -OCH3 is 2. The lowest BCUT2D eigenvalue weighted by Gasteiger charge is -2.47. The van der Waals surface area contributed by atoms with Gasteiger partial charge in [-0.05, 0) is 94.7 Å². The lowest BCUT2D eigenvalue weighted by atomic mass is 9.79. The van der Waals surface area contributed by atoms with E-state index in [1.165, 1.54) is 7.11 Å². The molecular formula is C40H69NO10. The van der Waals surface area contributed by atoms with E-state index in [1.807, 2.05) is 41.5 Å². The zero-order valence-corrected chi connectivity index (χ0v) is 34.2. The van der Waals surface area contributed by atoms with Crippen molar-refractivity contribution in [2.75, 3.05) is 21.3 Å². The van der Waals surface area contributed by atoms with Gasteiger partial charge in [-0.1, -0.05) is 13.8 Å². The van der Waals surface area contributed by atoms with E-state index >= 15 is 0 Å². The second-order valence-electron chi connectivity index (χ2n) is 17.0. The number of hydrogen-bond acceptors (Lipinski definition) is 11. The molecule has 4 rings (SSSR count). The van der Waals surface area contributed by atoms with Crippen molar-refractivity contribution in [3.8, 4) is 0 Å². The van der Waals surface area contributed by atoms with Crippen LogP contribution in [0.15, 0.2) is 11.3 Å². The van der Waals surface area contributed by atoms with Gasteiger partial charge in [0.15, 0.2) is 24.0 Å². The maximum atomic E-state index is 14.4. The van der Waals surface area contributed by atoms with Crippen LogP contribution in [0.25, 0.3) is 0 Å². The van der Waals surface area contributed by atoms with Gasteiger partial charge >= 0.3 is 5.97 Å². The summed E-state index contributed by atoms with van der Waals surface area (Å²) in [5.41, 5.74) is -1.80. The number of nitrogens with zero attached hydrogens (tertiary/aromatic N) is 1. The summed E-state index contributed by atoms with van der Waals surface area (Å²) in [5, 5.41) is 0. The number of hydrogen-bond donors (Lipinski definition) is 0. The van der Waals surface area contributed by atoms with Crippen LogP contribution in [0.5, 0.6) is 0 Å². The molecular weight excluding hydrogens is 654 g/mol. The molecule has 51 heavy (non-hydrogen) atoms. The van der Waals surface area contributed by atoms with Crippen molar-refractivity contribution in [2.24, 2.45) is 17.8 Å². The van der Waals surface area contributed by atoms with Crippen LogP contribution in [0.4, 0.5) is 0 Å². The van der Waals surface area contributed by atoms with E-state index in [2.05, 4.69) is 46.6 Å². The maximum Gasteiger partial charge on any atom is 0.311 e. The Labute approximate surface area is 307 Å². The number of rotatable bonds is 9. The number of cyclic esters (lactones) is 1. The molecule has 0 aromatic rings. The van der Waals surface area contributed by atoms with E-state index in [0.717, 1.165) is 18.4 Å². The minimum atomic E-state index is -1.41. The molecule has 0 N–H and O–H groups in total. The van der Waals surface area contributed by atoms with Crippen molar-refractivity contribution >= 4 is 11.8 Å². The van der Waals surface area contributed by atoms with E-state index in [9.17, 15) is 9.59 Å². The first-order chi connectivity index (χ1) is 23.7. The Morgan fingerprint density at radius 1 is 0.902 bits per heavy atom. The van der Waals surface area contributed by atoms with Crippen LogP contribution >= 0.6 is 0 Å². The van der Waals surface area contributed by atoms with Crippen molar-refractivity contribution in [1.29, 1.82) is 0 Å². The molecule has 0 aliphatic carbocycles. The van der Waals surface area contributed by atoms with Gasteiger partial charge in [0.2, 0.25) is 0 Å². The molecule has 14 atom stereocenters. The smallest absolute Gasteiger partial charge is 0.311 e. The summed E-state index contributed by atoms with van der Waals surface area (Å²) < 4.78 is 52.0. The predicted molar refractivity (Wildman–Crippen MR) is 194 cm³/mol. The Morgan fingerprint density at radius 2 is 1.55 bits per heavy atom. The highest BCUT2D eigenvalue weighted by Gasteiger charge is 2.55. The average Bonchev–Trinajstić information content (AvgIpc) is 3.39. The molecule has 0 saturated carbocycles. The monoisotopic (exact) mass is 723 g/mol. The number of fused-ring (bicyclic) bond motifs is 2. The van der Waals surface area contributed by atoms with Gasteiger partial charge in [-0.2, -0.15) is 0 Å². The van der Waals surface area contributed by atoms with Gasteiger partial charge in [-0.15, -0.1) is 0 Å². The van der Waals surface area contributed by atoms with E-state index in [4.69, 9.17) is 37.9 Å². The second kappa shape index (κ2) is 16.4. The summed E-state index contributed by atoms with van der Waals surface area (Å²) in [6.07, 6.45) is 0.197. The number of carbonyl (C=O) groups is 2. The molecule has 3 fully saturated rings. The number of allylic oxidation sites excluding steroid dienone is 1. The Morgan fingerprint density at radius 3 is 2.14 bits per heavy atom. The van der Waals surface area contributed by atoms with E-state index in [1.54, 1.807) is 14.0 Å². The number of Topliss-reactive ketones (excluding diaryl/α,β-unsaturated/α-hetero) is 1. The first-order valence-electron chi connectivity index (χ1n) is 19.3. The Kier molecular flexibility index (Phi) is 13.6. The van der Waals surface area contributed by atoms with Gasteiger partial charge in [0.05, 0.1) is 35.7 Å². The summed E-state index contributed by atoms with van der Waals surface area (Å²) in [6, 6.07) is 0.621. The molecule has 0 aromatic carbocycles. The van der Waals surface area contributed by atoms with Crippen LogP contribution in [0, 0.1) is 17.8 Å². The van der Waals surface area contributed by atoms with Gasteiger partial charge < -0.3 is 42.8 Å². The zero-order chi connectivity index (χ0) is 38.2. The molecule has 4 aliphatic rings. The Balaban J connectivity index is 1.83. The molecule has 11 nitrogen and oxygen atoms in total. The third kappa shape index (κ3) is 8.87. The summed E-state index contributed by atoms with van der Waals surface area (Å²) in [6.45, 7) is 23.9. The molecule has 0 spiro atoms. The maximum absolute atomic E-state index is 14.4. The molecule has 3 saturated heterocycles. The molecule has 0 radical (unpaired) electrons. The fraction of sp³-hybridized carbons (Fsp3) is 0.900. The first kappa shape index (κ1) is 42.1. The lowest BCUT2D eigenvalue weighted by Crippen LogP contribution is -2.56. The standard InChI is InChI=1S/C40H69NO10/c1-16-30-40(12,45-15)35(42)26(7)33-23(4)19-39(11,51-33)36(50-31-18-29(17-24(5)46-31)41(13)22(2)3)27(8)34(28(9)37(43)48-30)49-32-21-38(10,44-14)20-25(6)47-32/h22,24-32,34,36H,16-21H2,1-15H3/t24?,25?,26-,27?,28?,29?,30?,31?,32-,34?,36+,38-,39-,40+/m0/s1. The normalized spacial score (nSPS) is 44.5. The Bertz CT molecular complexity index is 1260. The minimum absolute atomic E-state index is 0.0205. The van der Waals surface area contributed by atoms with Crippen LogP contribution in [-0.2, 0) is 47.5 Å². The summed E-state index contributed by atoms with van der Waals surface area (Å²) in [7, 11) is 5.35. The minimum Gasteiger partial charge on any atom is -0.488 e. The van der Waals surface area contributed by atoms with Crippen LogP contribution in [-0.4, -0.2) is 110 Å². The van der Waals surface area contributed by atoms with Crippen LogP contribution in [0.3, 0.4) is 0 Å².